The first-order valence-corrected chi connectivity index (χ1v) is 12.9. The van der Waals surface area contributed by atoms with Crippen LogP contribution in [0, 0.1) is 0 Å². The zero-order valence-corrected chi connectivity index (χ0v) is 21.4. The molecule has 2 heterocycles. The maximum atomic E-state index is 13.6. The molecule has 0 bridgehead atoms. The molecule has 0 saturated carbocycles. The second-order valence-electron chi connectivity index (χ2n) is 7.69. The number of thioether (sulfide) groups is 1. The van der Waals surface area contributed by atoms with E-state index in [9.17, 15) is 14.4 Å². The Morgan fingerprint density at radius 3 is 2.40 bits per heavy atom. The Kier molecular flexibility index (Phi) is 7.37. The number of carbonyl (C=O) groups excluding carboxylic acids is 2. The zero-order chi connectivity index (χ0) is 25.1. The molecule has 0 N–H and O–H groups in total. The molecule has 0 spiro atoms. The number of fused-ring (bicyclic) bond motifs is 1. The second-order valence-corrected chi connectivity index (χ2v) is 9.58. The predicted octanol–water partition coefficient (Wildman–Crippen LogP) is 3.31. The number of benzene rings is 2. The normalized spacial score (nSPS) is 15.4. The van der Waals surface area contributed by atoms with Crippen LogP contribution in [0.4, 0.5) is 0 Å². The molecular weight excluding hydrogens is 484 g/mol. The third-order valence-electron chi connectivity index (χ3n) is 5.58. The van der Waals surface area contributed by atoms with Crippen molar-refractivity contribution in [2.75, 3.05) is 20.0 Å². The minimum atomic E-state index is -0.648. The third-order valence-corrected chi connectivity index (χ3v) is 7.30. The van der Waals surface area contributed by atoms with E-state index in [1.807, 2.05) is 30.5 Å². The average molecular weight is 509 g/mol. The van der Waals surface area contributed by atoms with Gasteiger partial charge in [0.1, 0.15) is 0 Å². The number of ether oxygens (including phenoxy) is 2. The lowest BCUT2D eigenvalue weighted by atomic mass is 9.96. The maximum absolute atomic E-state index is 13.6. The highest BCUT2D eigenvalue weighted by Gasteiger charge is 2.33. The molecule has 2 aromatic carbocycles. The van der Waals surface area contributed by atoms with Gasteiger partial charge in [-0.1, -0.05) is 35.6 Å². The molecule has 3 aromatic rings. The molecule has 1 aromatic heterocycles. The van der Waals surface area contributed by atoms with Crippen LogP contribution in [-0.2, 0) is 14.3 Å². The van der Waals surface area contributed by atoms with Gasteiger partial charge >= 0.3 is 11.9 Å². The van der Waals surface area contributed by atoms with Gasteiger partial charge in [-0.3, -0.25) is 9.36 Å². The van der Waals surface area contributed by atoms with Crippen molar-refractivity contribution in [1.82, 2.24) is 4.57 Å². The van der Waals surface area contributed by atoms with Crippen molar-refractivity contribution in [3.05, 3.63) is 96.2 Å². The molecule has 180 valence electrons. The summed E-state index contributed by atoms with van der Waals surface area (Å²) in [6, 6.07) is 13.9. The summed E-state index contributed by atoms with van der Waals surface area (Å²) in [6.07, 6.45) is 3.74. The van der Waals surface area contributed by atoms with Crippen LogP contribution in [-0.4, -0.2) is 36.5 Å². The second kappa shape index (κ2) is 10.5. The molecule has 1 aliphatic rings. The van der Waals surface area contributed by atoms with E-state index >= 15 is 0 Å². The first-order valence-electron chi connectivity index (χ1n) is 10.9. The molecule has 0 aliphatic carbocycles. The number of rotatable bonds is 6. The summed E-state index contributed by atoms with van der Waals surface area (Å²) in [7, 11) is 1.33. The quantitative estimate of drug-likeness (QED) is 0.375. The first-order chi connectivity index (χ1) is 16.9. The molecule has 7 nitrogen and oxygen atoms in total. The molecule has 0 amide bonds. The fourth-order valence-electron chi connectivity index (χ4n) is 3.88. The number of nitrogens with zero attached hydrogens (tertiary/aromatic N) is 2. The number of esters is 2. The van der Waals surface area contributed by atoms with Gasteiger partial charge in [-0.2, -0.15) is 0 Å². The summed E-state index contributed by atoms with van der Waals surface area (Å²) in [5.74, 6) is -0.911. The molecule has 0 radical (unpaired) electrons. The van der Waals surface area contributed by atoms with E-state index in [0.717, 1.165) is 16.0 Å². The lowest BCUT2D eigenvalue weighted by Crippen LogP contribution is -2.39. The molecule has 0 fully saturated rings. The number of carbonyl (C=O) groups is 2. The highest BCUT2D eigenvalue weighted by molar-refractivity contribution is 7.98. The maximum Gasteiger partial charge on any atom is 0.338 e. The minimum absolute atomic E-state index is 0.222. The van der Waals surface area contributed by atoms with Crippen molar-refractivity contribution in [2.45, 2.75) is 24.8 Å². The third kappa shape index (κ3) is 4.87. The van der Waals surface area contributed by atoms with E-state index in [-0.39, 0.29) is 12.2 Å². The van der Waals surface area contributed by atoms with E-state index in [1.165, 1.54) is 18.4 Å². The van der Waals surface area contributed by atoms with Gasteiger partial charge in [-0.15, -0.1) is 11.8 Å². The summed E-state index contributed by atoms with van der Waals surface area (Å²) >= 11 is 2.87. The van der Waals surface area contributed by atoms with Crippen LogP contribution < -0.4 is 14.9 Å². The Bertz CT molecular complexity index is 1480. The van der Waals surface area contributed by atoms with Crippen molar-refractivity contribution in [1.29, 1.82) is 0 Å². The van der Waals surface area contributed by atoms with Gasteiger partial charge in [0, 0.05) is 4.90 Å². The SMILES string of the molecule is CCOC(=O)C1=C(C)N=c2sc(=Cc3ccc(C(=O)OC)cc3)c(=O)n2C1c1ccc(SC)cc1. The Morgan fingerprint density at radius 1 is 1.11 bits per heavy atom. The van der Waals surface area contributed by atoms with E-state index in [1.54, 1.807) is 60.5 Å². The molecule has 1 atom stereocenters. The Hall–Kier alpha value is -3.43. The number of allylic oxidation sites excluding steroid dienone is 1. The molecule has 35 heavy (non-hydrogen) atoms. The van der Waals surface area contributed by atoms with Gasteiger partial charge < -0.3 is 9.47 Å². The van der Waals surface area contributed by atoms with Crippen LogP contribution in [0.25, 0.3) is 6.08 Å². The van der Waals surface area contributed by atoms with Crippen LogP contribution in [0.2, 0.25) is 0 Å². The molecular formula is C26H24N2O5S2. The predicted molar refractivity (Wildman–Crippen MR) is 136 cm³/mol. The highest BCUT2D eigenvalue weighted by Crippen LogP contribution is 2.31. The van der Waals surface area contributed by atoms with Gasteiger partial charge in [0.15, 0.2) is 4.80 Å². The van der Waals surface area contributed by atoms with Crippen LogP contribution in [0.5, 0.6) is 0 Å². The monoisotopic (exact) mass is 508 g/mol. The van der Waals surface area contributed by atoms with Gasteiger partial charge in [0.25, 0.3) is 5.56 Å². The van der Waals surface area contributed by atoms with Crippen LogP contribution in [0.1, 0.15) is 41.4 Å². The molecule has 0 saturated heterocycles. The molecule has 1 unspecified atom stereocenters. The van der Waals surface area contributed by atoms with Crippen molar-refractivity contribution in [2.24, 2.45) is 4.99 Å². The number of hydrogen-bond acceptors (Lipinski definition) is 8. The lowest BCUT2D eigenvalue weighted by Gasteiger charge is -2.24. The molecule has 4 rings (SSSR count). The van der Waals surface area contributed by atoms with E-state index in [0.29, 0.717) is 26.2 Å². The molecule has 1 aliphatic heterocycles. The van der Waals surface area contributed by atoms with E-state index in [2.05, 4.69) is 4.99 Å². The van der Waals surface area contributed by atoms with Gasteiger partial charge in [-0.05, 0) is 61.6 Å². The smallest absolute Gasteiger partial charge is 0.338 e. The Labute approximate surface area is 210 Å². The van der Waals surface area contributed by atoms with E-state index in [4.69, 9.17) is 9.47 Å². The van der Waals surface area contributed by atoms with Crippen LogP contribution in [0.3, 0.4) is 0 Å². The summed E-state index contributed by atoms with van der Waals surface area (Å²) in [4.78, 5) is 44.4. The minimum Gasteiger partial charge on any atom is -0.465 e. The zero-order valence-electron chi connectivity index (χ0n) is 19.7. The standard InChI is InChI=1S/C26H24N2O5S2/c1-5-33-25(31)21-15(2)27-26-28(22(21)17-10-12-19(34-4)13-11-17)23(29)20(35-26)14-16-6-8-18(9-7-16)24(30)32-3/h6-14,22H,5H2,1-4H3. The number of thiazole rings is 1. The van der Waals surface area contributed by atoms with Crippen molar-refractivity contribution in [3.63, 3.8) is 0 Å². The summed E-state index contributed by atoms with van der Waals surface area (Å²) < 4.78 is 12.1. The average Bonchev–Trinajstić information content (AvgIpc) is 3.17. The Balaban J connectivity index is 1.87. The van der Waals surface area contributed by atoms with Crippen molar-refractivity contribution in [3.8, 4) is 0 Å². The van der Waals surface area contributed by atoms with Gasteiger partial charge in [-0.25, -0.2) is 14.6 Å². The number of methoxy groups -OCH3 is 1. The Morgan fingerprint density at radius 2 is 1.80 bits per heavy atom. The number of hydrogen-bond donors (Lipinski definition) is 0. The summed E-state index contributed by atoms with van der Waals surface area (Å²) in [5.41, 5.74) is 2.61. The van der Waals surface area contributed by atoms with Crippen LogP contribution >= 0.6 is 23.1 Å². The topological polar surface area (TPSA) is 87.0 Å². The van der Waals surface area contributed by atoms with Gasteiger partial charge in [0.05, 0.1) is 41.1 Å². The highest BCUT2D eigenvalue weighted by atomic mass is 32.2. The molecule has 9 heteroatoms. The van der Waals surface area contributed by atoms with Crippen LogP contribution in [0.15, 0.2) is 74.5 Å². The lowest BCUT2D eigenvalue weighted by molar-refractivity contribution is -0.139. The van der Waals surface area contributed by atoms with Gasteiger partial charge in [0.2, 0.25) is 0 Å². The van der Waals surface area contributed by atoms with E-state index < -0.39 is 18.0 Å². The van der Waals surface area contributed by atoms with Crippen molar-refractivity contribution >= 4 is 41.1 Å². The first kappa shape index (κ1) is 24.7. The fourth-order valence-corrected chi connectivity index (χ4v) is 5.33. The summed E-state index contributed by atoms with van der Waals surface area (Å²) in [5, 5.41) is 0. The summed E-state index contributed by atoms with van der Waals surface area (Å²) in [6.45, 7) is 3.73. The van der Waals surface area contributed by atoms with Crippen molar-refractivity contribution < 1.29 is 19.1 Å². The largest absolute Gasteiger partial charge is 0.465 e. The number of aromatic nitrogens is 1. The fraction of sp³-hybridized carbons (Fsp3) is 0.231.